The molecule has 5 heteroatoms. The summed E-state index contributed by atoms with van der Waals surface area (Å²) in [6, 6.07) is 1.32. The second-order valence-corrected chi connectivity index (χ2v) is 5.40. The molecule has 0 bridgehead atoms. The minimum absolute atomic E-state index is 0.116. The van der Waals surface area contributed by atoms with Crippen molar-refractivity contribution in [3.05, 3.63) is 21.9 Å². The Balaban J connectivity index is 2.62. The number of rotatable bonds is 3. The van der Waals surface area contributed by atoms with Gasteiger partial charge in [0.25, 0.3) is 0 Å². The molecule has 1 aliphatic rings. The van der Waals surface area contributed by atoms with Gasteiger partial charge < -0.3 is 15.6 Å². The molecule has 1 unspecified atom stereocenters. The standard InChI is InChI=1S/C12H15BrFNO2/c1-6(15)12(3-4-12)9-7(13)5-8(16)11(17-2)10(9)14/h5-6,16H,3-4,15H2,1-2H3. The summed E-state index contributed by atoms with van der Waals surface area (Å²) in [7, 11) is 1.33. The molecule has 0 spiro atoms. The number of hydrogen-bond donors (Lipinski definition) is 2. The van der Waals surface area contributed by atoms with Gasteiger partial charge in [0.15, 0.2) is 17.3 Å². The molecule has 1 aromatic rings. The molecular weight excluding hydrogens is 289 g/mol. The fourth-order valence-electron chi connectivity index (χ4n) is 2.31. The molecule has 1 fully saturated rings. The van der Waals surface area contributed by atoms with E-state index in [2.05, 4.69) is 15.9 Å². The van der Waals surface area contributed by atoms with E-state index in [4.69, 9.17) is 10.5 Å². The Hall–Kier alpha value is -0.810. The van der Waals surface area contributed by atoms with Crippen molar-refractivity contribution < 1.29 is 14.2 Å². The van der Waals surface area contributed by atoms with Crippen LogP contribution in [0.5, 0.6) is 11.5 Å². The SMILES string of the molecule is COc1c(O)cc(Br)c(C2(C(C)N)CC2)c1F. The lowest BCUT2D eigenvalue weighted by atomic mass is 9.88. The fraction of sp³-hybridized carbons (Fsp3) is 0.500. The lowest BCUT2D eigenvalue weighted by Crippen LogP contribution is -2.32. The van der Waals surface area contributed by atoms with Crippen molar-refractivity contribution in [3.63, 3.8) is 0 Å². The number of phenols is 1. The molecular formula is C12H15BrFNO2. The summed E-state index contributed by atoms with van der Waals surface area (Å²) in [6.07, 6.45) is 1.71. The maximum Gasteiger partial charge on any atom is 0.196 e. The predicted molar refractivity (Wildman–Crippen MR) is 66.9 cm³/mol. The van der Waals surface area contributed by atoms with Gasteiger partial charge in [-0.2, -0.15) is 0 Å². The first-order chi connectivity index (χ1) is 7.94. The lowest BCUT2D eigenvalue weighted by Gasteiger charge is -2.23. The van der Waals surface area contributed by atoms with Crippen LogP contribution in [0.3, 0.4) is 0 Å². The van der Waals surface area contributed by atoms with Crippen LogP contribution in [-0.2, 0) is 5.41 Å². The van der Waals surface area contributed by atoms with Crippen molar-refractivity contribution in [3.8, 4) is 11.5 Å². The molecule has 0 aliphatic heterocycles. The Morgan fingerprint density at radius 1 is 1.59 bits per heavy atom. The Morgan fingerprint density at radius 3 is 2.59 bits per heavy atom. The largest absolute Gasteiger partial charge is 0.504 e. The van der Waals surface area contributed by atoms with Crippen LogP contribution < -0.4 is 10.5 Å². The van der Waals surface area contributed by atoms with Gasteiger partial charge in [-0.25, -0.2) is 4.39 Å². The number of ether oxygens (including phenoxy) is 1. The summed E-state index contributed by atoms with van der Waals surface area (Å²) in [5.74, 6) is -0.842. The minimum atomic E-state index is -0.519. The van der Waals surface area contributed by atoms with Gasteiger partial charge >= 0.3 is 0 Å². The highest BCUT2D eigenvalue weighted by Gasteiger charge is 2.51. The molecule has 3 nitrogen and oxygen atoms in total. The fourth-order valence-corrected chi connectivity index (χ4v) is 3.09. The smallest absolute Gasteiger partial charge is 0.196 e. The van der Waals surface area contributed by atoms with Gasteiger partial charge in [-0.3, -0.25) is 0 Å². The molecule has 0 heterocycles. The monoisotopic (exact) mass is 303 g/mol. The van der Waals surface area contributed by atoms with E-state index in [1.165, 1.54) is 13.2 Å². The van der Waals surface area contributed by atoms with E-state index in [0.29, 0.717) is 10.0 Å². The average molecular weight is 304 g/mol. The molecule has 1 aliphatic carbocycles. The van der Waals surface area contributed by atoms with E-state index < -0.39 is 5.82 Å². The van der Waals surface area contributed by atoms with E-state index in [0.717, 1.165) is 12.8 Å². The highest BCUT2D eigenvalue weighted by molar-refractivity contribution is 9.10. The third-order valence-electron chi connectivity index (χ3n) is 3.52. The summed E-state index contributed by atoms with van der Waals surface area (Å²) in [6.45, 7) is 1.87. The first-order valence-corrected chi connectivity index (χ1v) is 6.24. The van der Waals surface area contributed by atoms with E-state index >= 15 is 0 Å². The molecule has 0 aromatic heterocycles. The number of benzene rings is 1. The zero-order valence-corrected chi connectivity index (χ0v) is 11.3. The van der Waals surface area contributed by atoms with E-state index in [-0.39, 0.29) is 23.0 Å². The van der Waals surface area contributed by atoms with Crippen LogP contribution in [0, 0.1) is 5.82 Å². The lowest BCUT2D eigenvalue weighted by molar-refractivity contribution is 0.345. The van der Waals surface area contributed by atoms with E-state index in [9.17, 15) is 9.50 Å². The summed E-state index contributed by atoms with van der Waals surface area (Å²) in [5, 5.41) is 9.60. The van der Waals surface area contributed by atoms with Crippen molar-refractivity contribution in [1.29, 1.82) is 0 Å². The molecule has 0 amide bonds. The van der Waals surface area contributed by atoms with Gasteiger partial charge in [-0.1, -0.05) is 15.9 Å². The summed E-state index contributed by atoms with van der Waals surface area (Å²) < 4.78 is 19.8. The third-order valence-corrected chi connectivity index (χ3v) is 4.14. The van der Waals surface area contributed by atoms with Gasteiger partial charge in [-0.05, 0) is 25.8 Å². The second kappa shape index (κ2) is 4.14. The van der Waals surface area contributed by atoms with Crippen LogP contribution in [0.2, 0.25) is 0 Å². The quantitative estimate of drug-likeness (QED) is 0.902. The summed E-state index contributed by atoms with van der Waals surface area (Å²) in [5.41, 5.74) is 6.13. The number of hydrogen-bond acceptors (Lipinski definition) is 3. The maximum absolute atomic E-state index is 14.3. The van der Waals surface area contributed by atoms with Gasteiger partial charge in [0, 0.05) is 21.5 Å². The average Bonchev–Trinajstić information content (AvgIpc) is 2.98. The zero-order valence-electron chi connectivity index (χ0n) is 9.76. The van der Waals surface area contributed by atoms with Crippen LogP contribution >= 0.6 is 15.9 Å². The van der Waals surface area contributed by atoms with Crippen molar-refractivity contribution >= 4 is 15.9 Å². The Morgan fingerprint density at radius 2 is 2.18 bits per heavy atom. The van der Waals surface area contributed by atoms with Gasteiger partial charge in [-0.15, -0.1) is 0 Å². The third kappa shape index (κ3) is 1.81. The van der Waals surface area contributed by atoms with Crippen molar-refractivity contribution in [1.82, 2.24) is 0 Å². The number of methoxy groups -OCH3 is 1. The second-order valence-electron chi connectivity index (χ2n) is 4.54. The van der Waals surface area contributed by atoms with Crippen molar-refractivity contribution in [2.75, 3.05) is 7.11 Å². The van der Waals surface area contributed by atoms with Crippen LogP contribution in [0.1, 0.15) is 25.3 Å². The molecule has 1 atom stereocenters. The molecule has 3 N–H and O–H groups in total. The Kier molecular flexibility index (Phi) is 3.08. The number of halogens is 2. The van der Waals surface area contributed by atoms with Gasteiger partial charge in [0.05, 0.1) is 7.11 Å². The molecule has 1 saturated carbocycles. The first-order valence-electron chi connectivity index (χ1n) is 5.45. The van der Waals surface area contributed by atoms with Crippen LogP contribution in [0.15, 0.2) is 10.5 Å². The Labute approximate surface area is 108 Å². The number of aromatic hydroxyl groups is 1. The van der Waals surface area contributed by atoms with E-state index in [1.807, 2.05) is 6.92 Å². The number of phenolic OH excluding ortho intramolecular Hbond substituents is 1. The minimum Gasteiger partial charge on any atom is -0.504 e. The first kappa shape index (κ1) is 12.6. The van der Waals surface area contributed by atoms with E-state index in [1.54, 1.807) is 0 Å². The molecule has 0 radical (unpaired) electrons. The van der Waals surface area contributed by atoms with Crippen molar-refractivity contribution in [2.45, 2.75) is 31.2 Å². The molecule has 17 heavy (non-hydrogen) atoms. The van der Waals surface area contributed by atoms with Crippen molar-refractivity contribution in [2.24, 2.45) is 5.73 Å². The van der Waals surface area contributed by atoms with Crippen LogP contribution in [-0.4, -0.2) is 18.3 Å². The topological polar surface area (TPSA) is 55.5 Å². The molecule has 2 rings (SSSR count). The summed E-state index contributed by atoms with van der Waals surface area (Å²) in [4.78, 5) is 0. The predicted octanol–water partition coefficient (Wildman–Crippen LogP) is 2.68. The normalized spacial score (nSPS) is 18.9. The van der Waals surface area contributed by atoms with Gasteiger partial charge in [0.1, 0.15) is 0 Å². The molecule has 1 aromatic carbocycles. The zero-order chi connectivity index (χ0) is 12.8. The molecule has 0 saturated heterocycles. The maximum atomic E-state index is 14.3. The molecule has 94 valence electrons. The van der Waals surface area contributed by atoms with Crippen LogP contribution in [0.4, 0.5) is 4.39 Å². The highest BCUT2D eigenvalue weighted by Crippen LogP contribution is 2.55. The van der Waals surface area contributed by atoms with Crippen LogP contribution in [0.25, 0.3) is 0 Å². The highest BCUT2D eigenvalue weighted by atomic mass is 79.9. The van der Waals surface area contributed by atoms with Gasteiger partial charge in [0.2, 0.25) is 0 Å². The summed E-state index contributed by atoms with van der Waals surface area (Å²) >= 11 is 3.29. The number of nitrogens with two attached hydrogens (primary N) is 1. The Bertz CT molecular complexity index is 458.